The van der Waals surface area contributed by atoms with Gasteiger partial charge in [0.05, 0.1) is 17.6 Å². The minimum absolute atomic E-state index is 0.306. The molecule has 2 heterocycles. The van der Waals surface area contributed by atoms with E-state index in [0.717, 1.165) is 35.2 Å². The first-order valence-electron chi connectivity index (χ1n) is 11.0. The quantitative estimate of drug-likeness (QED) is 0.480. The number of hydrogen-bond acceptors (Lipinski definition) is 7. The van der Waals surface area contributed by atoms with Crippen LogP contribution in [0.5, 0.6) is 5.75 Å². The number of nitrogens with one attached hydrogen (secondary N) is 1. The maximum absolute atomic E-state index is 11.8. The van der Waals surface area contributed by atoms with Gasteiger partial charge in [0.2, 0.25) is 0 Å². The number of ether oxygens (including phenoxy) is 3. The third-order valence-corrected chi connectivity index (χ3v) is 4.67. The van der Waals surface area contributed by atoms with Crippen LogP contribution in [-0.2, 0) is 22.6 Å². The van der Waals surface area contributed by atoms with Crippen molar-refractivity contribution in [2.45, 2.75) is 59.8 Å². The first-order valence-corrected chi connectivity index (χ1v) is 11.0. The van der Waals surface area contributed by atoms with Crippen LogP contribution in [0.4, 0.5) is 10.6 Å². The van der Waals surface area contributed by atoms with Crippen molar-refractivity contribution >= 4 is 33.8 Å². The van der Waals surface area contributed by atoms with Gasteiger partial charge in [0, 0.05) is 18.5 Å². The summed E-state index contributed by atoms with van der Waals surface area (Å²) in [5.74, 6) is 1.90. The van der Waals surface area contributed by atoms with E-state index in [2.05, 4.69) is 21.8 Å². The Labute approximate surface area is 188 Å². The van der Waals surface area contributed by atoms with E-state index in [9.17, 15) is 4.79 Å². The topological polar surface area (TPSA) is 114 Å². The summed E-state index contributed by atoms with van der Waals surface area (Å²) in [7, 11) is 0. The van der Waals surface area contributed by atoms with Crippen LogP contribution in [-0.4, -0.2) is 46.0 Å². The summed E-state index contributed by atoms with van der Waals surface area (Å²) in [4.78, 5) is 21.0. The lowest BCUT2D eigenvalue weighted by Gasteiger charge is -2.19. The molecule has 0 aliphatic rings. The van der Waals surface area contributed by atoms with Crippen molar-refractivity contribution in [3.05, 3.63) is 24.0 Å². The smallest absolute Gasteiger partial charge is 0.407 e. The van der Waals surface area contributed by atoms with E-state index in [-0.39, 0.29) is 0 Å². The highest BCUT2D eigenvalue weighted by Crippen LogP contribution is 2.31. The summed E-state index contributed by atoms with van der Waals surface area (Å²) in [5, 5.41) is 3.60. The van der Waals surface area contributed by atoms with Gasteiger partial charge >= 0.3 is 6.09 Å². The highest BCUT2D eigenvalue weighted by Gasteiger charge is 2.18. The predicted molar refractivity (Wildman–Crippen MR) is 125 cm³/mol. The minimum Gasteiger partial charge on any atom is -0.492 e. The SMILES string of the molecule is CCCn1c(COCC)nc2c(N)nc3ccc(OCCNC(=O)OC(C)(C)C)cc3c21. The summed E-state index contributed by atoms with van der Waals surface area (Å²) in [6, 6.07) is 5.67. The molecule has 0 saturated heterocycles. The van der Waals surface area contributed by atoms with Crippen LogP contribution in [0.25, 0.3) is 21.9 Å². The molecular formula is C23H33N5O4. The Balaban J connectivity index is 1.84. The fourth-order valence-electron chi connectivity index (χ4n) is 3.43. The monoisotopic (exact) mass is 443 g/mol. The summed E-state index contributed by atoms with van der Waals surface area (Å²) >= 11 is 0. The molecule has 174 valence electrons. The number of nitrogen functional groups attached to an aromatic ring is 1. The molecule has 0 bridgehead atoms. The number of anilines is 1. The average Bonchev–Trinajstić information content (AvgIpc) is 3.08. The number of fused-ring (bicyclic) bond motifs is 3. The number of aromatic nitrogens is 3. The van der Waals surface area contributed by atoms with Crippen LogP contribution >= 0.6 is 0 Å². The van der Waals surface area contributed by atoms with E-state index in [1.54, 1.807) is 0 Å². The lowest BCUT2D eigenvalue weighted by atomic mass is 10.1. The molecule has 1 amide bonds. The van der Waals surface area contributed by atoms with Crippen molar-refractivity contribution in [1.29, 1.82) is 0 Å². The first kappa shape index (κ1) is 23.6. The van der Waals surface area contributed by atoms with Gasteiger partial charge in [-0.2, -0.15) is 0 Å². The van der Waals surface area contributed by atoms with Gasteiger partial charge in [-0.25, -0.2) is 14.8 Å². The molecule has 0 unspecified atom stereocenters. The van der Waals surface area contributed by atoms with E-state index in [1.807, 2.05) is 45.9 Å². The molecule has 0 atom stereocenters. The Bertz CT molecular complexity index is 1090. The molecule has 9 nitrogen and oxygen atoms in total. The average molecular weight is 444 g/mol. The van der Waals surface area contributed by atoms with E-state index in [4.69, 9.17) is 24.9 Å². The number of alkyl carbamates (subject to hydrolysis) is 1. The zero-order valence-corrected chi connectivity index (χ0v) is 19.5. The molecule has 3 N–H and O–H groups in total. The van der Waals surface area contributed by atoms with Crippen LogP contribution in [0.15, 0.2) is 18.2 Å². The van der Waals surface area contributed by atoms with Crippen molar-refractivity contribution in [3.63, 3.8) is 0 Å². The number of carbonyl (C=O) groups is 1. The van der Waals surface area contributed by atoms with Crippen LogP contribution < -0.4 is 15.8 Å². The lowest BCUT2D eigenvalue weighted by molar-refractivity contribution is 0.0520. The Morgan fingerprint density at radius 3 is 2.69 bits per heavy atom. The number of amides is 1. The first-order chi connectivity index (χ1) is 15.2. The molecule has 0 radical (unpaired) electrons. The molecule has 0 aliphatic heterocycles. The Morgan fingerprint density at radius 1 is 1.22 bits per heavy atom. The standard InChI is InChI=1S/C23H33N5O4/c1-6-11-28-18(14-30-7-2)27-19-20(28)16-13-15(8-9-17(16)26-21(19)24)31-12-10-25-22(29)32-23(3,4)5/h8-9,13H,6-7,10-12,14H2,1-5H3,(H2,24,26)(H,25,29). The molecular weight excluding hydrogens is 410 g/mol. The molecule has 0 spiro atoms. The third kappa shape index (κ3) is 5.59. The van der Waals surface area contributed by atoms with E-state index in [0.29, 0.717) is 43.4 Å². The van der Waals surface area contributed by atoms with E-state index >= 15 is 0 Å². The van der Waals surface area contributed by atoms with Crippen molar-refractivity contribution < 1.29 is 19.0 Å². The van der Waals surface area contributed by atoms with Crippen molar-refractivity contribution in [2.75, 3.05) is 25.5 Å². The molecule has 3 rings (SSSR count). The number of rotatable bonds is 9. The zero-order valence-electron chi connectivity index (χ0n) is 19.5. The lowest BCUT2D eigenvalue weighted by Crippen LogP contribution is -2.34. The number of pyridine rings is 1. The number of aryl methyl sites for hydroxylation is 1. The second-order valence-corrected chi connectivity index (χ2v) is 8.47. The Hall–Kier alpha value is -3.07. The zero-order chi connectivity index (χ0) is 23.3. The Kier molecular flexibility index (Phi) is 7.40. The van der Waals surface area contributed by atoms with E-state index < -0.39 is 11.7 Å². The highest BCUT2D eigenvalue weighted by molar-refractivity contribution is 6.07. The van der Waals surface area contributed by atoms with Gasteiger partial charge in [-0.3, -0.25) is 0 Å². The molecule has 9 heteroatoms. The molecule has 0 saturated carbocycles. The largest absolute Gasteiger partial charge is 0.492 e. The van der Waals surface area contributed by atoms with Gasteiger partial charge < -0.3 is 29.8 Å². The summed E-state index contributed by atoms with van der Waals surface area (Å²) < 4.78 is 18.9. The van der Waals surface area contributed by atoms with Gasteiger partial charge in [0.15, 0.2) is 5.82 Å². The number of imidazole rings is 1. The molecule has 0 aliphatic carbocycles. The number of benzene rings is 1. The number of nitrogens with two attached hydrogens (primary N) is 1. The predicted octanol–water partition coefficient (Wildman–Crippen LogP) is 4.02. The Morgan fingerprint density at radius 2 is 2.00 bits per heavy atom. The van der Waals surface area contributed by atoms with Gasteiger partial charge in [-0.1, -0.05) is 6.92 Å². The van der Waals surface area contributed by atoms with E-state index in [1.165, 1.54) is 0 Å². The molecule has 0 fully saturated rings. The summed E-state index contributed by atoms with van der Waals surface area (Å²) in [6.45, 7) is 12.0. The van der Waals surface area contributed by atoms with Crippen molar-refractivity contribution in [1.82, 2.24) is 19.9 Å². The van der Waals surface area contributed by atoms with Crippen LogP contribution in [0.3, 0.4) is 0 Å². The minimum atomic E-state index is -0.536. The summed E-state index contributed by atoms with van der Waals surface area (Å²) in [6.07, 6.45) is 0.479. The van der Waals surface area contributed by atoms with Crippen LogP contribution in [0, 0.1) is 0 Å². The van der Waals surface area contributed by atoms with Gasteiger partial charge in [0.25, 0.3) is 0 Å². The van der Waals surface area contributed by atoms with Gasteiger partial charge in [-0.05, 0) is 52.3 Å². The van der Waals surface area contributed by atoms with Gasteiger partial charge in [0.1, 0.15) is 35.9 Å². The molecule has 3 aromatic rings. The molecule has 1 aromatic carbocycles. The van der Waals surface area contributed by atoms with Crippen molar-refractivity contribution in [2.24, 2.45) is 0 Å². The molecule has 32 heavy (non-hydrogen) atoms. The number of nitrogens with zero attached hydrogens (tertiary/aromatic N) is 3. The number of hydrogen-bond donors (Lipinski definition) is 2. The second kappa shape index (κ2) is 10.0. The maximum atomic E-state index is 11.8. The summed E-state index contributed by atoms with van der Waals surface area (Å²) in [5.41, 5.74) is 8.07. The fraction of sp³-hybridized carbons (Fsp3) is 0.522. The van der Waals surface area contributed by atoms with Gasteiger partial charge in [-0.15, -0.1) is 0 Å². The molecule has 2 aromatic heterocycles. The van der Waals surface area contributed by atoms with Crippen LogP contribution in [0.2, 0.25) is 0 Å². The fourth-order valence-corrected chi connectivity index (χ4v) is 3.43. The normalized spacial score (nSPS) is 11.8. The maximum Gasteiger partial charge on any atom is 0.407 e. The van der Waals surface area contributed by atoms with Crippen molar-refractivity contribution in [3.8, 4) is 5.75 Å². The third-order valence-electron chi connectivity index (χ3n) is 4.67. The second-order valence-electron chi connectivity index (χ2n) is 8.47. The number of carbonyl (C=O) groups excluding carboxylic acids is 1. The van der Waals surface area contributed by atoms with Crippen LogP contribution in [0.1, 0.15) is 46.9 Å². The highest BCUT2D eigenvalue weighted by atomic mass is 16.6.